The van der Waals surface area contributed by atoms with Gasteiger partial charge in [-0.2, -0.15) is 0 Å². The predicted octanol–water partition coefficient (Wildman–Crippen LogP) is 1.59. The van der Waals surface area contributed by atoms with Gasteiger partial charge in [0, 0.05) is 10.7 Å². The molecule has 1 aliphatic rings. The Bertz CT molecular complexity index is 316. The second-order valence-corrected chi connectivity index (χ2v) is 6.61. The highest BCUT2D eigenvalue weighted by atomic mass is 35.7. The molecule has 0 radical (unpaired) electrons. The van der Waals surface area contributed by atoms with Gasteiger partial charge in [-0.25, -0.2) is 8.42 Å². The first-order valence-electron chi connectivity index (χ1n) is 4.51. The second kappa shape index (κ2) is 4.06. The highest BCUT2D eigenvalue weighted by Crippen LogP contribution is 2.38. The van der Waals surface area contributed by atoms with E-state index in [9.17, 15) is 13.2 Å². The van der Waals surface area contributed by atoms with Gasteiger partial charge >= 0.3 is 5.97 Å². The van der Waals surface area contributed by atoms with Gasteiger partial charge in [-0.3, -0.25) is 4.79 Å². The number of hydrogen-bond acceptors (Lipinski definition) is 3. The van der Waals surface area contributed by atoms with E-state index in [-0.39, 0.29) is 0 Å². The number of carboxylic acids is 1. The van der Waals surface area contributed by atoms with Crippen LogP contribution in [0, 0.1) is 5.41 Å². The zero-order valence-corrected chi connectivity index (χ0v) is 9.27. The molecule has 14 heavy (non-hydrogen) atoms. The molecular weight excluding hydrogens is 228 g/mol. The maximum Gasteiger partial charge on any atom is 0.310 e. The van der Waals surface area contributed by atoms with Crippen molar-refractivity contribution in [3.63, 3.8) is 0 Å². The summed E-state index contributed by atoms with van der Waals surface area (Å²) in [5.41, 5.74) is -1.14. The summed E-state index contributed by atoms with van der Waals surface area (Å²) in [5.74, 6) is -1.49. The SMILES string of the molecule is O=C(O)C1(CS(=O)(=O)Cl)CCCCC1. The van der Waals surface area contributed by atoms with Gasteiger partial charge in [0.25, 0.3) is 0 Å². The molecular formula is C8H13ClO4S. The van der Waals surface area contributed by atoms with E-state index in [1.165, 1.54) is 0 Å². The van der Waals surface area contributed by atoms with E-state index in [4.69, 9.17) is 15.8 Å². The third kappa shape index (κ3) is 2.85. The number of carboxylic acid groups (broad SMARTS) is 1. The highest BCUT2D eigenvalue weighted by Gasteiger charge is 2.42. The Morgan fingerprint density at radius 1 is 1.29 bits per heavy atom. The molecule has 0 atom stereocenters. The lowest BCUT2D eigenvalue weighted by molar-refractivity contribution is -0.149. The lowest BCUT2D eigenvalue weighted by atomic mass is 9.76. The van der Waals surface area contributed by atoms with Crippen molar-refractivity contribution in [2.75, 3.05) is 5.75 Å². The van der Waals surface area contributed by atoms with Gasteiger partial charge in [-0.15, -0.1) is 0 Å². The van der Waals surface area contributed by atoms with E-state index < -0.39 is 26.2 Å². The Balaban J connectivity index is 2.87. The van der Waals surface area contributed by atoms with Gasteiger partial charge in [0.2, 0.25) is 9.05 Å². The van der Waals surface area contributed by atoms with Crippen molar-refractivity contribution in [2.24, 2.45) is 5.41 Å². The molecule has 6 heteroatoms. The maximum atomic E-state index is 11.0. The Morgan fingerprint density at radius 2 is 1.79 bits per heavy atom. The van der Waals surface area contributed by atoms with E-state index in [0.717, 1.165) is 19.3 Å². The molecule has 0 amide bonds. The highest BCUT2D eigenvalue weighted by molar-refractivity contribution is 8.13. The maximum absolute atomic E-state index is 11.0. The first-order chi connectivity index (χ1) is 6.36. The van der Waals surface area contributed by atoms with Crippen LogP contribution >= 0.6 is 10.7 Å². The minimum atomic E-state index is -3.74. The Kier molecular flexibility index (Phi) is 3.42. The summed E-state index contributed by atoms with van der Waals surface area (Å²) in [7, 11) is 1.37. The smallest absolute Gasteiger partial charge is 0.310 e. The molecule has 0 aromatic carbocycles. The number of rotatable bonds is 3. The molecule has 1 fully saturated rings. The minimum Gasteiger partial charge on any atom is -0.481 e. The molecule has 0 spiro atoms. The summed E-state index contributed by atoms with van der Waals surface area (Å²) < 4.78 is 21.8. The largest absolute Gasteiger partial charge is 0.481 e. The second-order valence-electron chi connectivity index (χ2n) is 3.83. The quantitative estimate of drug-likeness (QED) is 0.761. The summed E-state index contributed by atoms with van der Waals surface area (Å²) in [5, 5.41) is 9.03. The van der Waals surface area contributed by atoms with E-state index in [2.05, 4.69) is 0 Å². The van der Waals surface area contributed by atoms with E-state index in [1.54, 1.807) is 0 Å². The fraction of sp³-hybridized carbons (Fsp3) is 0.875. The minimum absolute atomic E-state index is 0.411. The van der Waals surface area contributed by atoms with Crippen LogP contribution in [0.5, 0.6) is 0 Å². The van der Waals surface area contributed by atoms with Crippen LogP contribution in [-0.2, 0) is 13.8 Å². The summed E-state index contributed by atoms with van der Waals surface area (Å²) in [4.78, 5) is 11.0. The Labute approximate surface area is 87.7 Å². The molecule has 0 saturated heterocycles. The molecule has 1 aliphatic carbocycles. The number of hydrogen-bond donors (Lipinski definition) is 1. The van der Waals surface area contributed by atoms with Crippen molar-refractivity contribution >= 4 is 25.7 Å². The molecule has 1 N–H and O–H groups in total. The first-order valence-corrected chi connectivity index (χ1v) is 6.99. The zero-order valence-electron chi connectivity index (χ0n) is 7.70. The summed E-state index contributed by atoms with van der Waals surface area (Å²) in [6.07, 6.45) is 3.32. The third-order valence-corrected chi connectivity index (χ3v) is 3.94. The van der Waals surface area contributed by atoms with Crippen molar-refractivity contribution in [1.29, 1.82) is 0 Å². The molecule has 0 unspecified atom stereocenters. The molecule has 0 aromatic rings. The summed E-state index contributed by atoms with van der Waals surface area (Å²) in [6, 6.07) is 0. The van der Waals surface area contributed by atoms with Gasteiger partial charge in [-0.1, -0.05) is 19.3 Å². The van der Waals surface area contributed by atoms with Gasteiger partial charge in [-0.05, 0) is 12.8 Å². The van der Waals surface area contributed by atoms with Gasteiger partial charge < -0.3 is 5.11 Å². The van der Waals surface area contributed by atoms with Crippen molar-refractivity contribution in [3.8, 4) is 0 Å². The zero-order chi connectivity index (χ0) is 10.8. The number of halogens is 1. The molecule has 0 bridgehead atoms. The van der Waals surface area contributed by atoms with Gasteiger partial charge in [0.1, 0.15) is 0 Å². The van der Waals surface area contributed by atoms with Gasteiger partial charge in [0.15, 0.2) is 0 Å². The first kappa shape index (κ1) is 11.8. The van der Waals surface area contributed by atoms with Crippen molar-refractivity contribution < 1.29 is 18.3 Å². The molecule has 1 saturated carbocycles. The fourth-order valence-corrected chi connectivity index (χ4v) is 3.68. The van der Waals surface area contributed by atoms with Crippen LogP contribution in [0.1, 0.15) is 32.1 Å². The summed E-state index contributed by atoms with van der Waals surface area (Å²) in [6.45, 7) is 0. The monoisotopic (exact) mass is 240 g/mol. The third-order valence-electron chi connectivity index (χ3n) is 2.71. The van der Waals surface area contributed by atoms with Crippen LogP contribution in [0.2, 0.25) is 0 Å². The average molecular weight is 241 g/mol. The van der Waals surface area contributed by atoms with Crippen LogP contribution in [0.3, 0.4) is 0 Å². The van der Waals surface area contributed by atoms with E-state index >= 15 is 0 Å². The molecule has 0 aliphatic heterocycles. The molecule has 4 nitrogen and oxygen atoms in total. The van der Waals surface area contributed by atoms with Crippen LogP contribution < -0.4 is 0 Å². The normalized spacial score (nSPS) is 21.8. The van der Waals surface area contributed by atoms with E-state index in [1.807, 2.05) is 0 Å². The van der Waals surface area contributed by atoms with Crippen LogP contribution in [-0.4, -0.2) is 25.2 Å². The Hall–Kier alpha value is -0.290. The molecule has 1 rings (SSSR count). The van der Waals surface area contributed by atoms with Crippen LogP contribution in [0.25, 0.3) is 0 Å². The topological polar surface area (TPSA) is 71.4 Å². The van der Waals surface area contributed by atoms with Crippen molar-refractivity contribution in [1.82, 2.24) is 0 Å². The molecule has 0 heterocycles. The lowest BCUT2D eigenvalue weighted by Crippen LogP contribution is -2.38. The standard InChI is InChI=1S/C8H13ClO4S/c9-14(12,13)6-8(7(10)11)4-2-1-3-5-8/h1-6H2,(H,10,11). The molecule has 82 valence electrons. The van der Waals surface area contributed by atoms with Crippen molar-refractivity contribution in [3.05, 3.63) is 0 Å². The van der Waals surface area contributed by atoms with E-state index in [0.29, 0.717) is 12.8 Å². The van der Waals surface area contributed by atoms with Gasteiger partial charge in [0.05, 0.1) is 11.2 Å². The predicted molar refractivity (Wildman–Crippen MR) is 52.8 cm³/mol. The molecule has 0 aromatic heterocycles. The van der Waals surface area contributed by atoms with Crippen LogP contribution in [0.15, 0.2) is 0 Å². The average Bonchev–Trinajstić information content (AvgIpc) is 2.02. The number of carbonyl (C=O) groups is 1. The lowest BCUT2D eigenvalue weighted by Gasteiger charge is -2.31. The summed E-state index contributed by atoms with van der Waals surface area (Å²) >= 11 is 0. The van der Waals surface area contributed by atoms with Crippen LogP contribution in [0.4, 0.5) is 0 Å². The number of aliphatic carboxylic acids is 1. The van der Waals surface area contributed by atoms with Crippen molar-refractivity contribution in [2.45, 2.75) is 32.1 Å². The Morgan fingerprint density at radius 3 is 2.14 bits per heavy atom. The fourth-order valence-electron chi connectivity index (χ4n) is 1.98.